The minimum Gasteiger partial charge on any atom is -0.338 e. The van der Waals surface area contributed by atoms with E-state index in [4.69, 9.17) is 0 Å². The fraction of sp³-hybridized carbons (Fsp3) is 0.650. The van der Waals surface area contributed by atoms with Crippen LogP contribution in [0, 0.1) is 5.92 Å². The summed E-state index contributed by atoms with van der Waals surface area (Å²) in [5.41, 5.74) is 0.464. The van der Waals surface area contributed by atoms with Crippen LogP contribution in [-0.2, 0) is 10.0 Å². The van der Waals surface area contributed by atoms with E-state index in [2.05, 4.69) is 5.32 Å². The van der Waals surface area contributed by atoms with Crippen LogP contribution in [0.3, 0.4) is 0 Å². The highest BCUT2D eigenvalue weighted by Gasteiger charge is 2.32. The molecule has 1 aromatic rings. The van der Waals surface area contributed by atoms with Gasteiger partial charge in [-0.15, -0.1) is 0 Å². The quantitative estimate of drug-likeness (QED) is 0.834. The average molecular weight is 394 g/mol. The number of rotatable bonds is 5. The van der Waals surface area contributed by atoms with Crippen molar-refractivity contribution in [3.63, 3.8) is 0 Å². The van der Waals surface area contributed by atoms with Gasteiger partial charge in [-0.05, 0) is 70.3 Å². The normalized spacial score (nSPS) is 24.7. The molecular weight excluding hydrogens is 362 g/mol. The molecule has 7 heteroatoms. The Bertz CT molecular complexity index is 763. The lowest BCUT2D eigenvalue weighted by atomic mass is 9.97. The van der Waals surface area contributed by atoms with Gasteiger partial charge < -0.3 is 10.2 Å². The maximum atomic E-state index is 13.1. The highest BCUT2D eigenvalue weighted by Crippen LogP contribution is 2.26. The number of carbonyl (C=O) groups excluding carboxylic acids is 1. The Hall–Kier alpha value is -1.44. The predicted octanol–water partition coefficient (Wildman–Crippen LogP) is 2.32. The number of amides is 1. The summed E-state index contributed by atoms with van der Waals surface area (Å²) in [4.78, 5) is 15.1. The van der Waals surface area contributed by atoms with E-state index < -0.39 is 10.0 Å². The van der Waals surface area contributed by atoms with Crippen LogP contribution in [0.5, 0.6) is 0 Å². The highest BCUT2D eigenvalue weighted by molar-refractivity contribution is 7.89. The molecule has 2 atom stereocenters. The molecule has 0 bridgehead atoms. The Morgan fingerprint density at radius 1 is 1.19 bits per heavy atom. The Morgan fingerprint density at radius 3 is 2.74 bits per heavy atom. The fourth-order valence-electron chi connectivity index (χ4n) is 4.24. The smallest absolute Gasteiger partial charge is 0.253 e. The third-order valence-corrected chi connectivity index (χ3v) is 7.74. The highest BCUT2D eigenvalue weighted by atomic mass is 32.2. The molecule has 0 radical (unpaired) electrons. The number of sulfonamides is 1. The molecule has 3 rings (SSSR count). The molecule has 0 aromatic heterocycles. The van der Waals surface area contributed by atoms with Crippen molar-refractivity contribution in [2.75, 3.05) is 33.2 Å². The van der Waals surface area contributed by atoms with Crippen LogP contribution in [0.15, 0.2) is 29.2 Å². The van der Waals surface area contributed by atoms with Gasteiger partial charge in [0, 0.05) is 31.2 Å². The minimum absolute atomic E-state index is 0.00695. The van der Waals surface area contributed by atoms with Crippen LogP contribution >= 0.6 is 0 Å². The van der Waals surface area contributed by atoms with Crippen molar-refractivity contribution in [1.29, 1.82) is 0 Å². The number of benzene rings is 1. The van der Waals surface area contributed by atoms with Crippen LogP contribution < -0.4 is 5.32 Å². The molecule has 2 saturated heterocycles. The molecule has 2 heterocycles. The van der Waals surface area contributed by atoms with Gasteiger partial charge in [0.1, 0.15) is 0 Å². The lowest BCUT2D eigenvalue weighted by Gasteiger charge is -2.33. The van der Waals surface area contributed by atoms with Crippen molar-refractivity contribution in [2.45, 2.75) is 50.0 Å². The first-order valence-electron chi connectivity index (χ1n) is 9.99. The molecule has 2 aliphatic rings. The van der Waals surface area contributed by atoms with Gasteiger partial charge >= 0.3 is 0 Å². The first kappa shape index (κ1) is 20.3. The van der Waals surface area contributed by atoms with Crippen LogP contribution in [0.25, 0.3) is 0 Å². The minimum atomic E-state index is -3.56. The van der Waals surface area contributed by atoms with E-state index in [0.29, 0.717) is 18.0 Å². The molecule has 2 unspecified atom stereocenters. The maximum absolute atomic E-state index is 13.1. The number of hydrogen-bond donors (Lipinski definition) is 1. The summed E-state index contributed by atoms with van der Waals surface area (Å²) in [5, 5.41) is 3.18. The number of hydrogen-bond acceptors (Lipinski definition) is 4. The van der Waals surface area contributed by atoms with E-state index in [1.54, 1.807) is 28.6 Å². The van der Waals surface area contributed by atoms with Crippen LogP contribution in [-0.4, -0.2) is 62.8 Å². The standard InChI is InChI=1S/C20H31N3O3S/c1-16-7-3-4-12-23(16)27(25,26)19-10-5-9-18(13-19)20(24)22-11-6-8-17(15-22)14-21-2/h5,9-10,13,16-17,21H,3-4,6-8,11-12,14-15H2,1-2H3. The zero-order valence-electron chi connectivity index (χ0n) is 16.4. The Morgan fingerprint density at radius 2 is 2.00 bits per heavy atom. The van der Waals surface area contributed by atoms with Gasteiger partial charge in [0.2, 0.25) is 10.0 Å². The SMILES string of the molecule is CNCC1CCCN(C(=O)c2cccc(S(=O)(=O)N3CCCCC3C)c2)C1. The molecule has 1 N–H and O–H groups in total. The van der Waals surface area contributed by atoms with Crippen molar-refractivity contribution < 1.29 is 13.2 Å². The largest absolute Gasteiger partial charge is 0.338 e. The van der Waals surface area contributed by atoms with E-state index in [1.807, 2.05) is 18.9 Å². The summed E-state index contributed by atoms with van der Waals surface area (Å²) in [6.45, 7) is 4.87. The maximum Gasteiger partial charge on any atom is 0.253 e. The molecule has 27 heavy (non-hydrogen) atoms. The number of likely N-dealkylation sites (tertiary alicyclic amines) is 1. The Labute approximate surface area is 163 Å². The van der Waals surface area contributed by atoms with E-state index in [-0.39, 0.29) is 16.8 Å². The van der Waals surface area contributed by atoms with Crippen molar-refractivity contribution in [3.05, 3.63) is 29.8 Å². The fourth-order valence-corrected chi connectivity index (χ4v) is 5.99. The van der Waals surface area contributed by atoms with Gasteiger partial charge in [-0.1, -0.05) is 12.5 Å². The summed E-state index contributed by atoms with van der Waals surface area (Å²) in [6.07, 6.45) is 4.95. The summed E-state index contributed by atoms with van der Waals surface area (Å²) in [5.74, 6) is 0.383. The molecule has 0 saturated carbocycles. The number of nitrogens with one attached hydrogen (secondary N) is 1. The number of piperidine rings is 2. The third kappa shape index (κ3) is 4.52. The van der Waals surface area contributed by atoms with E-state index in [9.17, 15) is 13.2 Å². The van der Waals surface area contributed by atoms with Gasteiger partial charge in [-0.2, -0.15) is 4.31 Å². The van der Waals surface area contributed by atoms with Gasteiger partial charge in [-0.25, -0.2) is 8.42 Å². The molecule has 2 aliphatic heterocycles. The van der Waals surface area contributed by atoms with Crippen molar-refractivity contribution in [1.82, 2.24) is 14.5 Å². The lowest BCUT2D eigenvalue weighted by molar-refractivity contribution is 0.0674. The third-order valence-electron chi connectivity index (χ3n) is 5.73. The van der Waals surface area contributed by atoms with Crippen LogP contribution in [0.1, 0.15) is 49.4 Å². The molecule has 0 spiro atoms. The number of nitrogens with zero attached hydrogens (tertiary/aromatic N) is 2. The predicted molar refractivity (Wildman–Crippen MR) is 106 cm³/mol. The van der Waals surface area contributed by atoms with E-state index in [0.717, 1.165) is 51.7 Å². The average Bonchev–Trinajstić information content (AvgIpc) is 2.68. The van der Waals surface area contributed by atoms with Gasteiger partial charge in [0.25, 0.3) is 5.91 Å². The van der Waals surface area contributed by atoms with Gasteiger partial charge in [0.05, 0.1) is 4.90 Å². The second-order valence-electron chi connectivity index (χ2n) is 7.81. The topological polar surface area (TPSA) is 69.7 Å². The van der Waals surface area contributed by atoms with Crippen molar-refractivity contribution >= 4 is 15.9 Å². The Kier molecular flexibility index (Phi) is 6.55. The van der Waals surface area contributed by atoms with E-state index >= 15 is 0 Å². The Balaban J connectivity index is 1.79. The second kappa shape index (κ2) is 8.71. The molecule has 1 amide bonds. The summed E-state index contributed by atoms with van der Waals surface area (Å²) in [6, 6.07) is 6.58. The lowest BCUT2D eigenvalue weighted by Crippen LogP contribution is -2.43. The van der Waals surface area contributed by atoms with Crippen molar-refractivity contribution in [3.8, 4) is 0 Å². The molecule has 150 valence electrons. The summed E-state index contributed by atoms with van der Waals surface area (Å²) in [7, 11) is -1.64. The van der Waals surface area contributed by atoms with Crippen LogP contribution in [0.2, 0.25) is 0 Å². The first-order chi connectivity index (χ1) is 12.9. The zero-order valence-corrected chi connectivity index (χ0v) is 17.2. The monoisotopic (exact) mass is 393 g/mol. The molecule has 1 aromatic carbocycles. The molecular formula is C20H31N3O3S. The summed E-state index contributed by atoms with van der Waals surface area (Å²) < 4.78 is 27.7. The zero-order chi connectivity index (χ0) is 19.4. The van der Waals surface area contributed by atoms with Gasteiger partial charge in [0.15, 0.2) is 0 Å². The van der Waals surface area contributed by atoms with Gasteiger partial charge in [-0.3, -0.25) is 4.79 Å². The molecule has 0 aliphatic carbocycles. The van der Waals surface area contributed by atoms with E-state index in [1.165, 1.54) is 0 Å². The first-order valence-corrected chi connectivity index (χ1v) is 11.4. The second-order valence-corrected chi connectivity index (χ2v) is 9.70. The van der Waals surface area contributed by atoms with Crippen LogP contribution in [0.4, 0.5) is 0 Å². The molecule has 2 fully saturated rings. The summed E-state index contributed by atoms with van der Waals surface area (Å²) >= 11 is 0. The number of carbonyl (C=O) groups is 1. The van der Waals surface area contributed by atoms with Crippen molar-refractivity contribution in [2.24, 2.45) is 5.92 Å². The molecule has 6 nitrogen and oxygen atoms in total.